The first-order valence-electron chi connectivity index (χ1n) is 5.77. The van der Waals surface area contributed by atoms with Crippen LogP contribution in [0.3, 0.4) is 0 Å². The number of halogens is 1. The summed E-state index contributed by atoms with van der Waals surface area (Å²) in [6.45, 7) is 4.39. The number of hydrogen-bond acceptors (Lipinski definition) is 3. The number of sulfonamides is 1. The van der Waals surface area contributed by atoms with Crippen LogP contribution in [0.1, 0.15) is 25.8 Å². The maximum Gasteiger partial charge on any atom is 0.242 e. The van der Waals surface area contributed by atoms with Gasteiger partial charge in [0.15, 0.2) is 0 Å². The third kappa shape index (κ3) is 2.69. The van der Waals surface area contributed by atoms with Crippen molar-refractivity contribution >= 4 is 21.6 Å². The lowest BCUT2D eigenvalue weighted by Gasteiger charge is -2.10. The highest BCUT2D eigenvalue weighted by Crippen LogP contribution is 2.45. The Morgan fingerprint density at radius 1 is 1.50 bits per heavy atom. The monoisotopic (exact) mass is 288 g/mol. The fourth-order valence-electron chi connectivity index (χ4n) is 1.81. The molecule has 0 heterocycles. The standard InChI is InChI=1S/C12H17ClN2O2S/c1-12(2)6-11(12)15-18(16,17)10-4-3-8(7-14)5-9(10)13/h3-5,11,15H,6-7,14H2,1-2H3. The van der Waals surface area contributed by atoms with E-state index in [1.54, 1.807) is 12.1 Å². The molecule has 1 aliphatic rings. The van der Waals surface area contributed by atoms with E-state index in [1.807, 2.05) is 13.8 Å². The van der Waals surface area contributed by atoms with Gasteiger partial charge in [-0.1, -0.05) is 31.5 Å². The molecular weight excluding hydrogens is 272 g/mol. The molecule has 0 saturated heterocycles. The summed E-state index contributed by atoms with van der Waals surface area (Å²) in [6, 6.07) is 4.77. The topological polar surface area (TPSA) is 72.2 Å². The summed E-state index contributed by atoms with van der Waals surface area (Å²) in [4.78, 5) is 0.115. The van der Waals surface area contributed by atoms with Crippen molar-refractivity contribution in [2.45, 2.75) is 37.8 Å². The Labute approximate surface area is 113 Å². The van der Waals surface area contributed by atoms with Gasteiger partial charge < -0.3 is 5.73 Å². The highest BCUT2D eigenvalue weighted by atomic mass is 35.5. The molecule has 1 unspecified atom stereocenters. The fourth-order valence-corrected chi connectivity index (χ4v) is 3.78. The SMILES string of the molecule is CC1(C)CC1NS(=O)(=O)c1ccc(CN)cc1Cl. The summed E-state index contributed by atoms with van der Waals surface area (Å²) in [6.07, 6.45) is 0.852. The van der Waals surface area contributed by atoms with Gasteiger partial charge in [0, 0.05) is 12.6 Å². The van der Waals surface area contributed by atoms with Gasteiger partial charge in [-0.25, -0.2) is 13.1 Å². The maximum absolute atomic E-state index is 12.2. The second-order valence-corrected chi connectivity index (χ2v) is 7.43. The molecule has 1 aliphatic carbocycles. The normalized spacial score (nSPS) is 21.9. The summed E-state index contributed by atoms with van der Waals surface area (Å²) in [5, 5.41) is 0.212. The Bertz CT molecular complexity index is 569. The molecule has 1 aromatic carbocycles. The van der Waals surface area contributed by atoms with Crippen molar-refractivity contribution in [3.05, 3.63) is 28.8 Å². The fraction of sp³-hybridized carbons (Fsp3) is 0.500. The minimum atomic E-state index is -3.55. The summed E-state index contributed by atoms with van der Waals surface area (Å²) in [5.41, 5.74) is 6.33. The summed E-state index contributed by atoms with van der Waals surface area (Å²) in [7, 11) is -3.55. The molecule has 1 atom stereocenters. The van der Waals surface area contributed by atoms with E-state index < -0.39 is 10.0 Å². The van der Waals surface area contributed by atoms with E-state index in [4.69, 9.17) is 17.3 Å². The van der Waals surface area contributed by atoms with Crippen LogP contribution in [0, 0.1) is 5.41 Å². The zero-order valence-electron chi connectivity index (χ0n) is 10.4. The molecule has 1 aromatic rings. The Balaban J connectivity index is 2.25. The molecule has 1 fully saturated rings. The minimum absolute atomic E-state index is 0.00671. The van der Waals surface area contributed by atoms with Gasteiger partial charge in [0.25, 0.3) is 0 Å². The number of hydrogen-bond donors (Lipinski definition) is 2. The first kappa shape index (κ1) is 13.8. The van der Waals surface area contributed by atoms with Crippen LogP contribution < -0.4 is 10.5 Å². The van der Waals surface area contributed by atoms with Crippen LogP contribution in [0.15, 0.2) is 23.1 Å². The maximum atomic E-state index is 12.2. The van der Waals surface area contributed by atoms with Gasteiger partial charge in [0.1, 0.15) is 4.90 Å². The molecule has 0 spiro atoms. The first-order chi connectivity index (χ1) is 8.26. The third-order valence-electron chi connectivity index (χ3n) is 3.33. The molecular formula is C12H17ClN2O2S. The van der Waals surface area contributed by atoms with Gasteiger partial charge in [0.2, 0.25) is 10.0 Å². The van der Waals surface area contributed by atoms with Crippen molar-refractivity contribution in [3.63, 3.8) is 0 Å². The minimum Gasteiger partial charge on any atom is -0.326 e. The second kappa shape index (κ2) is 4.49. The van der Waals surface area contributed by atoms with E-state index in [0.29, 0.717) is 6.54 Å². The van der Waals surface area contributed by atoms with Gasteiger partial charge in [-0.15, -0.1) is 0 Å². The number of nitrogens with two attached hydrogens (primary N) is 1. The lowest BCUT2D eigenvalue weighted by Crippen LogP contribution is -2.28. The first-order valence-corrected chi connectivity index (χ1v) is 7.63. The molecule has 18 heavy (non-hydrogen) atoms. The van der Waals surface area contributed by atoms with Crippen molar-refractivity contribution in [1.29, 1.82) is 0 Å². The van der Waals surface area contributed by atoms with Crippen molar-refractivity contribution in [2.24, 2.45) is 11.1 Å². The molecule has 4 nitrogen and oxygen atoms in total. The summed E-state index contributed by atoms with van der Waals surface area (Å²) < 4.78 is 27.0. The summed E-state index contributed by atoms with van der Waals surface area (Å²) >= 11 is 5.99. The van der Waals surface area contributed by atoms with Crippen LogP contribution in [0.2, 0.25) is 5.02 Å². The van der Waals surface area contributed by atoms with Gasteiger partial charge in [0.05, 0.1) is 5.02 Å². The predicted molar refractivity (Wildman–Crippen MR) is 71.9 cm³/mol. The quantitative estimate of drug-likeness (QED) is 0.888. The predicted octanol–water partition coefficient (Wildman–Crippen LogP) is 1.88. The molecule has 2 rings (SSSR count). The lowest BCUT2D eigenvalue weighted by molar-refractivity contribution is 0.555. The van der Waals surface area contributed by atoms with Crippen molar-refractivity contribution in [1.82, 2.24) is 4.72 Å². The van der Waals surface area contributed by atoms with Crippen LogP contribution in [0.25, 0.3) is 0 Å². The van der Waals surface area contributed by atoms with E-state index in [1.165, 1.54) is 6.07 Å². The molecule has 100 valence electrons. The van der Waals surface area contributed by atoms with E-state index in [0.717, 1.165) is 12.0 Å². The summed E-state index contributed by atoms with van der Waals surface area (Å²) in [5.74, 6) is 0. The number of benzene rings is 1. The van der Waals surface area contributed by atoms with Crippen molar-refractivity contribution in [2.75, 3.05) is 0 Å². The van der Waals surface area contributed by atoms with Gasteiger partial charge in [-0.05, 0) is 29.5 Å². The smallest absolute Gasteiger partial charge is 0.242 e. The highest BCUT2D eigenvalue weighted by Gasteiger charge is 2.48. The molecule has 0 radical (unpaired) electrons. The van der Waals surface area contributed by atoms with E-state index >= 15 is 0 Å². The average Bonchev–Trinajstić information content (AvgIpc) is 2.84. The second-order valence-electron chi connectivity index (χ2n) is 5.34. The van der Waals surface area contributed by atoms with Crippen LogP contribution in [-0.2, 0) is 16.6 Å². The van der Waals surface area contributed by atoms with Crippen LogP contribution in [0.4, 0.5) is 0 Å². The van der Waals surface area contributed by atoms with E-state index in [-0.39, 0.29) is 21.4 Å². The van der Waals surface area contributed by atoms with Crippen molar-refractivity contribution in [3.8, 4) is 0 Å². The van der Waals surface area contributed by atoms with E-state index in [2.05, 4.69) is 4.72 Å². The number of rotatable bonds is 4. The molecule has 0 bridgehead atoms. The van der Waals surface area contributed by atoms with Crippen LogP contribution >= 0.6 is 11.6 Å². The molecule has 0 aliphatic heterocycles. The molecule has 0 amide bonds. The third-order valence-corrected chi connectivity index (χ3v) is 5.29. The van der Waals surface area contributed by atoms with Gasteiger partial charge >= 0.3 is 0 Å². The Morgan fingerprint density at radius 3 is 2.56 bits per heavy atom. The zero-order valence-corrected chi connectivity index (χ0v) is 12.0. The van der Waals surface area contributed by atoms with Crippen molar-refractivity contribution < 1.29 is 8.42 Å². The lowest BCUT2D eigenvalue weighted by atomic mass is 10.2. The Kier molecular flexibility index (Phi) is 3.44. The number of nitrogens with one attached hydrogen (secondary N) is 1. The van der Waals surface area contributed by atoms with Crippen LogP contribution in [0.5, 0.6) is 0 Å². The Morgan fingerprint density at radius 2 is 2.11 bits per heavy atom. The van der Waals surface area contributed by atoms with Gasteiger partial charge in [-0.3, -0.25) is 0 Å². The largest absolute Gasteiger partial charge is 0.326 e. The van der Waals surface area contributed by atoms with Gasteiger partial charge in [-0.2, -0.15) is 0 Å². The highest BCUT2D eigenvalue weighted by molar-refractivity contribution is 7.89. The zero-order chi connectivity index (χ0) is 13.6. The molecule has 6 heteroatoms. The average molecular weight is 289 g/mol. The molecule has 3 N–H and O–H groups in total. The molecule has 1 saturated carbocycles. The van der Waals surface area contributed by atoms with E-state index in [9.17, 15) is 8.42 Å². The molecule has 0 aromatic heterocycles. The van der Waals surface area contributed by atoms with Crippen LogP contribution in [-0.4, -0.2) is 14.5 Å². The Hall–Kier alpha value is -0.620.